The highest BCUT2D eigenvalue weighted by Crippen LogP contribution is 2.32. The van der Waals surface area contributed by atoms with E-state index in [1.54, 1.807) is 0 Å². The maximum atomic E-state index is 6.17. The van der Waals surface area contributed by atoms with E-state index in [-0.39, 0.29) is 17.5 Å². The van der Waals surface area contributed by atoms with Crippen LogP contribution in [0.1, 0.15) is 44.6 Å². The lowest BCUT2D eigenvalue weighted by atomic mass is 9.87. The number of rotatable bonds is 2. The predicted octanol–water partition coefficient (Wildman–Crippen LogP) is 0.788. The van der Waals surface area contributed by atoms with Gasteiger partial charge in [-0.1, -0.05) is 25.9 Å². The molecular weight excluding hydrogens is 242 g/mol. The van der Waals surface area contributed by atoms with Gasteiger partial charge in [0.05, 0.1) is 12.1 Å². The zero-order chi connectivity index (χ0) is 13.6. The number of piperazine rings is 3. The monoisotopic (exact) mass is 265 g/mol. The van der Waals surface area contributed by atoms with E-state index in [0.29, 0.717) is 5.89 Å². The van der Waals surface area contributed by atoms with E-state index in [0.717, 1.165) is 38.5 Å². The van der Waals surface area contributed by atoms with Gasteiger partial charge in [-0.2, -0.15) is 4.98 Å². The first kappa shape index (κ1) is 13.0. The van der Waals surface area contributed by atoms with Gasteiger partial charge >= 0.3 is 0 Å². The summed E-state index contributed by atoms with van der Waals surface area (Å²) in [4.78, 5) is 9.45. The second-order valence-corrected chi connectivity index (χ2v) is 6.69. The predicted molar refractivity (Wildman–Crippen MR) is 71.4 cm³/mol. The van der Waals surface area contributed by atoms with E-state index < -0.39 is 0 Å². The number of nitrogens with two attached hydrogens (primary N) is 1. The Hall–Kier alpha value is -0.980. The average Bonchev–Trinajstić information content (AvgIpc) is 2.87. The van der Waals surface area contributed by atoms with Crippen molar-refractivity contribution in [2.75, 3.05) is 32.7 Å². The first-order valence-corrected chi connectivity index (χ1v) is 7.00. The number of nitrogens with zero attached hydrogens (tertiary/aromatic N) is 4. The fourth-order valence-corrected chi connectivity index (χ4v) is 2.74. The zero-order valence-electron chi connectivity index (χ0n) is 12.0. The van der Waals surface area contributed by atoms with Gasteiger partial charge in [0.25, 0.3) is 0 Å². The van der Waals surface area contributed by atoms with Gasteiger partial charge in [-0.15, -0.1) is 0 Å². The van der Waals surface area contributed by atoms with Gasteiger partial charge in [-0.3, -0.25) is 9.80 Å². The van der Waals surface area contributed by atoms with Gasteiger partial charge in [0.1, 0.15) is 0 Å². The molecule has 1 aromatic rings. The van der Waals surface area contributed by atoms with Crippen molar-refractivity contribution >= 4 is 0 Å². The molecule has 2 bridgehead atoms. The van der Waals surface area contributed by atoms with Crippen molar-refractivity contribution in [1.29, 1.82) is 0 Å². The summed E-state index contributed by atoms with van der Waals surface area (Å²) in [5, 5.41) is 4.16. The van der Waals surface area contributed by atoms with Crippen molar-refractivity contribution in [3.05, 3.63) is 11.7 Å². The topological polar surface area (TPSA) is 71.4 Å². The van der Waals surface area contributed by atoms with Crippen LogP contribution < -0.4 is 5.73 Å². The Bertz CT molecular complexity index is 444. The molecule has 0 saturated carbocycles. The Morgan fingerprint density at radius 3 is 2.47 bits per heavy atom. The highest BCUT2D eigenvalue weighted by molar-refractivity contribution is 5.04. The molecule has 1 unspecified atom stereocenters. The third-order valence-electron chi connectivity index (χ3n) is 4.23. The summed E-state index contributed by atoms with van der Waals surface area (Å²) in [6.07, 6.45) is 0. The van der Waals surface area contributed by atoms with Gasteiger partial charge < -0.3 is 10.3 Å². The van der Waals surface area contributed by atoms with Crippen molar-refractivity contribution in [3.8, 4) is 0 Å². The molecule has 0 amide bonds. The lowest BCUT2D eigenvalue weighted by Crippen LogP contribution is -2.57. The standard InChI is InChI=1S/C13H23N5O/c1-13(2,3)10(14)12-15-11(16-19-12)9-8-17-4-6-18(9)7-5-17/h9-10H,4-8,14H2,1-3H3/t9?,10-/m0/s1. The average molecular weight is 265 g/mol. The number of fused-ring (bicyclic) bond motifs is 3. The Kier molecular flexibility index (Phi) is 3.11. The van der Waals surface area contributed by atoms with Crippen LogP contribution in [0, 0.1) is 5.41 Å². The quantitative estimate of drug-likeness (QED) is 0.852. The molecule has 3 aliphatic heterocycles. The molecule has 2 atom stereocenters. The zero-order valence-corrected chi connectivity index (χ0v) is 12.0. The molecule has 3 aliphatic rings. The number of hydrogen-bond donors (Lipinski definition) is 1. The van der Waals surface area contributed by atoms with Crippen LogP contribution >= 0.6 is 0 Å². The lowest BCUT2D eigenvalue weighted by Gasteiger charge is -2.46. The fourth-order valence-electron chi connectivity index (χ4n) is 2.74. The smallest absolute Gasteiger partial charge is 0.244 e. The molecule has 0 spiro atoms. The maximum Gasteiger partial charge on any atom is 0.244 e. The van der Waals surface area contributed by atoms with E-state index in [9.17, 15) is 0 Å². The first-order valence-electron chi connectivity index (χ1n) is 7.00. The largest absolute Gasteiger partial charge is 0.338 e. The number of hydrogen-bond acceptors (Lipinski definition) is 6. The second kappa shape index (κ2) is 4.54. The van der Waals surface area contributed by atoms with E-state index in [1.807, 2.05) is 0 Å². The summed E-state index contributed by atoms with van der Waals surface area (Å²) in [5.74, 6) is 1.35. The van der Waals surface area contributed by atoms with Crippen LogP contribution in [0.5, 0.6) is 0 Å². The van der Waals surface area contributed by atoms with Crippen LogP contribution in [-0.2, 0) is 0 Å². The molecule has 0 radical (unpaired) electrons. The third-order valence-corrected chi connectivity index (χ3v) is 4.23. The fraction of sp³-hybridized carbons (Fsp3) is 0.846. The van der Waals surface area contributed by atoms with Crippen molar-refractivity contribution < 1.29 is 4.52 Å². The summed E-state index contributed by atoms with van der Waals surface area (Å²) in [6.45, 7) is 11.8. The highest BCUT2D eigenvalue weighted by atomic mass is 16.5. The Morgan fingerprint density at radius 1 is 1.26 bits per heavy atom. The van der Waals surface area contributed by atoms with Crippen LogP contribution in [-0.4, -0.2) is 52.7 Å². The molecule has 6 nitrogen and oxygen atoms in total. The molecule has 3 fully saturated rings. The van der Waals surface area contributed by atoms with Crippen molar-refractivity contribution in [2.24, 2.45) is 11.1 Å². The molecule has 3 saturated heterocycles. The molecular formula is C13H23N5O. The molecule has 4 rings (SSSR count). The number of aromatic nitrogens is 2. The van der Waals surface area contributed by atoms with Gasteiger partial charge in [0, 0.05) is 32.7 Å². The van der Waals surface area contributed by atoms with Crippen LogP contribution in [0.2, 0.25) is 0 Å². The van der Waals surface area contributed by atoms with E-state index >= 15 is 0 Å². The molecule has 1 aromatic heterocycles. The Balaban J connectivity index is 1.78. The molecule has 106 valence electrons. The van der Waals surface area contributed by atoms with Crippen LogP contribution in [0.4, 0.5) is 0 Å². The summed E-state index contributed by atoms with van der Waals surface area (Å²) < 4.78 is 5.38. The molecule has 0 aliphatic carbocycles. The summed E-state index contributed by atoms with van der Waals surface area (Å²) in [6, 6.07) is 0.0528. The first-order chi connectivity index (χ1) is 8.95. The van der Waals surface area contributed by atoms with Gasteiger partial charge in [-0.05, 0) is 5.41 Å². The van der Waals surface area contributed by atoms with E-state index in [2.05, 4.69) is 40.7 Å². The molecule has 4 heterocycles. The minimum Gasteiger partial charge on any atom is -0.338 e. The molecule has 19 heavy (non-hydrogen) atoms. The minimum atomic E-state index is -0.218. The second-order valence-electron chi connectivity index (χ2n) is 6.69. The van der Waals surface area contributed by atoms with Crippen molar-refractivity contribution in [1.82, 2.24) is 19.9 Å². The van der Waals surface area contributed by atoms with Crippen molar-refractivity contribution in [2.45, 2.75) is 32.9 Å². The van der Waals surface area contributed by atoms with Crippen LogP contribution in [0.3, 0.4) is 0 Å². The van der Waals surface area contributed by atoms with E-state index in [1.165, 1.54) is 0 Å². The van der Waals surface area contributed by atoms with Gasteiger partial charge in [-0.25, -0.2) is 0 Å². The Labute approximate surface area is 113 Å². The van der Waals surface area contributed by atoms with Crippen LogP contribution in [0.15, 0.2) is 4.52 Å². The highest BCUT2D eigenvalue weighted by Gasteiger charge is 2.36. The molecule has 0 aromatic carbocycles. The maximum absolute atomic E-state index is 6.17. The Morgan fingerprint density at radius 2 is 1.95 bits per heavy atom. The molecule has 2 N–H and O–H groups in total. The summed E-state index contributed by atoms with van der Waals surface area (Å²) in [7, 11) is 0. The van der Waals surface area contributed by atoms with E-state index in [4.69, 9.17) is 10.3 Å². The third kappa shape index (κ3) is 2.40. The minimum absolute atomic E-state index is 0.0703. The SMILES string of the molecule is CC(C)(C)[C@@H](N)c1nc(C2CN3CCN2CC3)no1. The summed E-state index contributed by atoms with van der Waals surface area (Å²) >= 11 is 0. The lowest BCUT2D eigenvalue weighted by molar-refractivity contribution is 0.00781. The van der Waals surface area contributed by atoms with Crippen molar-refractivity contribution in [3.63, 3.8) is 0 Å². The summed E-state index contributed by atoms with van der Waals surface area (Å²) in [5.41, 5.74) is 6.10. The molecule has 6 heteroatoms. The van der Waals surface area contributed by atoms with Crippen LogP contribution in [0.25, 0.3) is 0 Å². The normalized spacial score (nSPS) is 32.5. The van der Waals surface area contributed by atoms with Gasteiger partial charge in [0.15, 0.2) is 5.82 Å². The van der Waals surface area contributed by atoms with Gasteiger partial charge in [0.2, 0.25) is 5.89 Å².